The Morgan fingerprint density at radius 2 is 1.88 bits per heavy atom. The molecule has 0 saturated heterocycles. The zero-order chi connectivity index (χ0) is 12.7. The van der Waals surface area contributed by atoms with Crippen molar-refractivity contribution in [1.29, 1.82) is 5.26 Å². The molecule has 0 fully saturated rings. The number of aryl methyl sites for hydroxylation is 1. The molecule has 0 atom stereocenters. The molecular formula is C13H13NO3. The van der Waals surface area contributed by atoms with Gasteiger partial charge in [-0.15, -0.1) is 0 Å². The van der Waals surface area contributed by atoms with Crippen molar-refractivity contribution in [3.63, 3.8) is 0 Å². The molecule has 0 amide bonds. The van der Waals surface area contributed by atoms with Crippen molar-refractivity contribution in [3.05, 3.63) is 35.4 Å². The lowest BCUT2D eigenvalue weighted by Crippen LogP contribution is -2.06. The molecule has 0 unspecified atom stereocenters. The Morgan fingerprint density at radius 1 is 1.24 bits per heavy atom. The first-order chi connectivity index (χ1) is 8.11. The van der Waals surface area contributed by atoms with Crippen LogP contribution >= 0.6 is 0 Å². The summed E-state index contributed by atoms with van der Waals surface area (Å²) in [6.45, 7) is 0. The van der Waals surface area contributed by atoms with Gasteiger partial charge >= 0.3 is 5.97 Å². The molecule has 0 radical (unpaired) electrons. The van der Waals surface area contributed by atoms with Crippen molar-refractivity contribution in [2.24, 2.45) is 0 Å². The SMILES string of the molecule is N#Cc1ccc(CCCC(=O)CC(=O)O)cc1. The minimum absolute atomic E-state index is 0.244. The average Bonchev–Trinajstić information content (AvgIpc) is 2.29. The van der Waals surface area contributed by atoms with Gasteiger partial charge in [-0.2, -0.15) is 5.26 Å². The normalized spacial score (nSPS) is 9.59. The zero-order valence-electron chi connectivity index (χ0n) is 9.35. The first-order valence-corrected chi connectivity index (χ1v) is 5.34. The third-order valence-corrected chi connectivity index (χ3v) is 2.35. The van der Waals surface area contributed by atoms with Crippen LogP contribution in [0.5, 0.6) is 0 Å². The molecule has 0 spiro atoms. The lowest BCUT2D eigenvalue weighted by molar-refractivity contribution is -0.140. The van der Waals surface area contributed by atoms with E-state index in [0.717, 1.165) is 12.0 Å². The van der Waals surface area contributed by atoms with Gasteiger partial charge in [-0.25, -0.2) is 0 Å². The Labute approximate surface area is 99.5 Å². The summed E-state index contributed by atoms with van der Waals surface area (Å²) >= 11 is 0. The molecule has 0 saturated carbocycles. The van der Waals surface area contributed by atoms with E-state index in [1.807, 2.05) is 18.2 Å². The van der Waals surface area contributed by atoms with Crippen LogP contribution in [0.1, 0.15) is 30.4 Å². The van der Waals surface area contributed by atoms with Crippen LogP contribution in [0.2, 0.25) is 0 Å². The maximum absolute atomic E-state index is 11.1. The standard InChI is InChI=1S/C13H13NO3/c14-9-11-6-4-10(5-7-11)2-1-3-12(15)8-13(16)17/h4-7H,1-3,8H2,(H,16,17). The predicted octanol–water partition coefficient (Wildman–Crippen LogP) is 1.92. The van der Waals surface area contributed by atoms with Crippen LogP contribution < -0.4 is 0 Å². The molecule has 1 rings (SSSR count). The summed E-state index contributed by atoms with van der Waals surface area (Å²) in [4.78, 5) is 21.4. The van der Waals surface area contributed by atoms with Gasteiger partial charge < -0.3 is 5.11 Å². The monoisotopic (exact) mass is 231 g/mol. The molecule has 0 aliphatic carbocycles. The van der Waals surface area contributed by atoms with Gasteiger partial charge in [0.05, 0.1) is 11.6 Å². The van der Waals surface area contributed by atoms with Crippen LogP contribution in [0.4, 0.5) is 0 Å². The zero-order valence-corrected chi connectivity index (χ0v) is 9.35. The fourth-order valence-corrected chi connectivity index (χ4v) is 1.49. The highest BCUT2D eigenvalue weighted by atomic mass is 16.4. The van der Waals surface area contributed by atoms with Crippen molar-refractivity contribution in [3.8, 4) is 6.07 Å². The average molecular weight is 231 g/mol. The second kappa shape index (κ2) is 6.44. The number of carboxylic acid groups (broad SMARTS) is 1. The number of nitrogens with zero attached hydrogens (tertiary/aromatic N) is 1. The summed E-state index contributed by atoms with van der Waals surface area (Å²) in [5, 5.41) is 17.0. The van der Waals surface area contributed by atoms with E-state index in [0.29, 0.717) is 12.0 Å². The van der Waals surface area contributed by atoms with Gasteiger partial charge in [-0.1, -0.05) is 12.1 Å². The summed E-state index contributed by atoms with van der Waals surface area (Å²) in [5.41, 5.74) is 1.66. The Hall–Kier alpha value is -2.15. The van der Waals surface area contributed by atoms with Gasteiger partial charge in [0.15, 0.2) is 0 Å². The Balaban J connectivity index is 2.33. The number of carbonyl (C=O) groups excluding carboxylic acids is 1. The van der Waals surface area contributed by atoms with Crippen LogP contribution in [0.3, 0.4) is 0 Å². The molecule has 0 aliphatic heterocycles. The number of nitriles is 1. The Kier molecular flexibility index (Phi) is 4.89. The fourth-order valence-electron chi connectivity index (χ4n) is 1.49. The molecule has 4 nitrogen and oxygen atoms in total. The van der Waals surface area contributed by atoms with Crippen LogP contribution in [-0.2, 0) is 16.0 Å². The summed E-state index contributed by atoms with van der Waals surface area (Å²) < 4.78 is 0. The molecule has 1 aromatic rings. The molecule has 1 N–H and O–H groups in total. The summed E-state index contributed by atoms with van der Waals surface area (Å²) in [7, 11) is 0. The highest BCUT2D eigenvalue weighted by Crippen LogP contribution is 2.08. The van der Waals surface area contributed by atoms with Crippen LogP contribution in [0.15, 0.2) is 24.3 Å². The van der Waals surface area contributed by atoms with Crippen molar-refractivity contribution < 1.29 is 14.7 Å². The number of hydrogen-bond donors (Lipinski definition) is 1. The molecule has 0 aromatic heterocycles. The van der Waals surface area contributed by atoms with Crippen molar-refractivity contribution in [2.45, 2.75) is 25.7 Å². The Bertz CT molecular complexity index is 443. The Morgan fingerprint density at radius 3 is 2.41 bits per heavy atom. The van der Waals surface area contributed by atoms with Crippen LogP contribution in [-0.4, -0.2) is 16.9 Å². The van der Waals surface area contributed by atoms with E-state index >= 15 is 0 Å². The van der Waals surface area contributed by atoms with Gasteiger partial charge in [0.1, 0.15) is 12.2 Å². The number of Topliss-reactive ketones (excluding diaryl/α,β-unsaturated/α-hetero) is 1. The maximum Gasteiger partial charge on any atom is 0.310 e. The molecule has 1 aromatic carbocycles. The van der Waals surface area contributed by atoms with E-state index < -0.39 is 12.4 Å². The fraction of sp³-hybridized carbons (Fsp3) is 0.308. The van der Waals surface area contributed by atoms with E-state index in [4.69, 9.17) is 10.4 Å². The van der Waals surface area contributed by atoms with Crippen LogP contribution in [0, 0.1) is 11.3 Å². The lowest BCUT2D eigenvalue weighted by atomic mass is 10.0. The molecule has 88 valence electrons. The second-order valence-corrected chi connectivity index (χ2v) is 3.77. The topological polar surface area (TPSA) is 78.2 Å². The first-order valence-electron chi connectivity index (χ1n) is 5.34. The van der Waals surface area contributed by atoms with Gasteiger partial charge in [-0.3, -0.25) is 9.59 Å². The van der Waals surface area contributed by atoms with Gasteiger partial charge in [-0.05, 0) is 30.5 Å². The van der Waals surface area contributed by atoms with E-state index in [9.17, 15) is 9.59 Å². The van der Waals surface area contributed by atoms with E-state index in [1.54, 1.807) is 12.1 Å². The third-order valence-electron chi connectivity index (χ3n) is 2.35. The van der Waals surface area contributed by atoms with Crippen molar-refractivity contribution in [1.82, 2.24) is 0 Å². The maximum atomic E-state index is 11.1. The molecular weight excluding hydrogens is 218 g/mol. The third kappa shape index (κ3) is 4.94. The number of benzene rings is 1. The first kappa shape index (κ1) is 12.9. The largest absolute Gasteiger partial charge is 0.481 e. The highest BCUT2D eigenvalue weighted by molar-refractivity contribution is 5.94. The lowest BCUT2D eigenvalue weighted by Gasteiger charge is -2.00. The predicted molar refractivity (Wildman–Crippen MR) is 61.4 cm³/mol. The molecule has 0 aliphatic rings. The number of carbonyl (C=O) groups is 2. The number of hydrogen-bond acceptors (Lipinski definition) is 3. The van der Waals surface area contributed by atoms with Crippen LogP contribution in [0.25, 0.3) is 0 Å². The minimum Gasteiger partial charge on any atom is -0.481 e. The highest BCUT2D eigenvalue weighted by Gasteiger charge is 2.07. The number of carboxylic acids is 1. The van der Waals surface area contributed by atoms with E-state index in [1.165, 1.54) is 0 Å². The second-order valence-electron chi connectivity index (χ2n) is 3.77. The molecule has 17 heavy (non-hydrogen) atoms. The quantitative estimate of drug-likeness (QED) is 0.759. The van der Waals surface area contributed by atoms with Gasteiger partial charge in [0, 0.05) is 6.42 Å². The number of aliphatic carboxylic acids is 1. The summed E-state index contributed by atoms with van der Waals surface area (Å²) in [6, 6.07) is 9.19. The van der Waals surface area contributed by atoms with Gasteiger partial charge in [0.25, 0.3) is 0 Å². The number of ketones is 1. The van der Waals surface area contributed by atoms with Gasteiger partial charge in [0.2, 0.25) is 0 Å². The summed E-state index contributed by atoms with van der Waals surface area (Å²) in [5.74, 6) is -1.32. The van der Waals surface area contributed by atoms with Crippen molar-refractivity contribution in [2.75, 3.05) is 0 Å². The minimum atomic E-state index is -1.08. The summed E-state index contributed by atoms with van der Waals surface area (Å²) in [6.07, 6.45) is 1.24. The smallest absolute Gasteiger partial charge is 0.310 e. The van der Waals surface area contributed by atoms with E-state index in [-0.39, 0.29) is 12.2 Å². The van der Waals surface area contributed by atoms with E-state index in [2.05, 4.69) is 0 Å². The molecule has 0 bridgehead atoms. The molecule has 0 heterocycles. The number of rotatable bonds is 6. The van der Waals surface area contributed by atoms with Crippen molar-refractivity contribution >= 4 is 11.8 Å². The molecule has 4 heteroatoms.